The molecule has 22 heavy (non-hydrogen) atoms. The Morgan fingerprint density at radius 3 is 2.59 bits per heavy atom. The average Bonchev–Trinajstić information content (AvgIpc) is 2.73. The summed E-state index contributed by atoms with van der Waals surface area (Å²) in [6.45, 7) is 3.26. The molecule has 1 saturated heterocycles. The van der Waals surface area contributed by atoms with Crippen LogP contribution in [-0.2, 0) is 9.59 Å². The summed E-state index contributed by atoms with van der Waals surface area (Å²) in [7, 11) is 0. The number of carboxylic acids is 1. The summed E-state index contributed by atoms with van der Waals surface area (Å²) in [5, 5.41) is 10.9. The van der Waals surface area contributed by atoms with E-state index in [1.165, 1.54) is 6.92 Å². The van der Waals surface area contributed by atoms with Crippen LogP contribution in [0.15, 0.2) is 46.9 Å². The Morgan fingerprint density at radius 2 is 2.00 bits per heavy atom. The van der Waals surface area contributed by atoms with Crippen molar-refractivity contribution in [3.8, 4) is 0 Å². The maximum atomic E-state index is 12.3. The van der Waals surface area contributed by atoms with E-state index in [1.807, 2.05) is 43.3 Å². The number of hydrogen-bond acceptors (Lipinski definition) is 5. The Bertz CT molecular complexity index is 680. The quantitative estimate of drug-likeness (QED) is 0.623. The van der Waals surface area contributed by atoms with E-state index in [0.29, 0.717) is 4.91 Å². The van der Waals surface area contributed by atoms with Crippen molar-refractivity contribution < 1.29 is 14.7 Å². The Morgan fingerprint density at radius 1 is 1.36 bits per heavy atom. The predicted octanol–water partition coefficient (Wildman–Crippen LogP) is 1.97. The number of carbonyl (C=O) groups is 2. The van der Waals surface area contributed by atoms with Crippen LogP contribution in [0.2, 0.25) is 0 Å². The first-order chi connectivity index (χ1) is 10.4. The molecule has 0 bridgehead atoms. The Hall–Kier alpha value is -1.92. The molecule has 1 aromatic rings. The maximum Gasteiger partial charge on any atom is 0.266 e. The van der Waals surface area contributed by atoms with Crippen molar-refractivity contribution in [2.45, 2.75) is 19.9 Å². The van der Waals surface area contributed by atoms with Gasteiger partial charge in [-0.2, -0.15) is 0 Å². The first-order valence-electron chi connectivity index (χ1n) is 6.61. The molecular weight excluding hydrogens is 318 g/mol. The van der Waals surface area contributed by atoms with Crippen LogP contribution in [-0.4, -0.2) is 27.1 Å². The Kier molecular flexibility index (Phi) is 5.15. The number of amides is 1. The average molecular weight is 332 g/mol. The van der Waals surface area contributed by atoms with E-state index in [-0.39, 0.29) is 4.32 Å². The standard InChI is InChI=1S/C16H15NO3S2/c1-10(8-12-6-4-3-5-7-12)9-13-14(18)17(16(21)22-13)11(2)15(19)20/h3-9,11H,1-2H3,(H,19,20)/p-1/t11-/m0/s1. The van der Waals surface area contributed by atoms with Gasteiger partial charge in [0.1, 0.15) is 4.32 Å². The second kappa shape index (κ2) is 6.89. The molecule has 1 aliphatic heterocycles. The molecule has 1 heterocycles. The largest absolute Gasteiger partial charge is 0.548 e. The van der Waals surface area contributed by atoms with Crippen LogP contribution in [0.1, 0.15) is 19.4 Å². The van der Waals surface area contributed by atoms with E-state index < -0.39 is 17.9 Å². The molecule has 0 N–H and O–H groups in total. The highest BCUT2D eigenvalue weighted by Gasteiger charge is 2.35. The van der Waals surface area contributed by atoms with E-state index in [1.54, 1.807) is 6.08 Å². The van der Waals surface area contributed by atoms with Crippen LogP contribution in [0.4, 0.5) is 0 Å². The normalized spacial score (nSPS) is 18.9. The van der Waals surface area contributed by atoms with Gasteiger partial charge in [-0.15, -0.1) is 0 Å². The number of carbonyl (C=O) groups excluding carboxylic acids is 2. The molecule has 0 radical (unpaired) electrons. The molecule has 0 saturated carbocycles. The van der Waals surface area contributed by atoms with Crippen molar-refractivity contribution >= 4 is 46.3 Å². The fourth-order valence-corrected chi connectivity index (χ4v) is 3.45. The number of carboxylic acid groups (broad SMARTS) is 1. The second-order valence-corrected chi connectivity index (χ2v) is 6.52. The molecule has 0 unspecified atom stereocenters. The lowest BCUT2D eigenvalue weighted by molar-refractivity contribution is -0.309. The monoisotopic (exact) mass is 332 g/mol. The third-order valence-electron chi connectivity index (χ3n) is 3.10. The SMILES string of the molecule is CC(=Cc1ccccc1)C=C1SC(=S)N([C@@H](C)C(=O)[O-])C1=O. The summed E-state index contributed by atoms with van der Waals surface area (Å²) >= 11 is 6.19. The van der Waals surface area contributed by atoms with Gasteiger partial charge in [0.05, 0.1) is 16.9 Å². The lowest BCUT2D eigenvalue weighted by atomic mass is 10.1. The summed E-state index contributed by atoms with van der Waals surface area (Å²) in [4.78, 5) is 24.7. The Balaban J connectivity index is 2.23. The number of thiocarbonyl (C=S) groups is 1. The molecule has 1 fully saturated rings. The molecule has 1 aromatic carbocycles. The minimum absolute atomic E-state index is 0.237. The summed E-state index contributed by atoms with van der Waals surface area (Å²) in [5.41, 5.74) is 1.91. The molecular formula is C16H14NO3S2-. The number of hydrogen-bond donors (Lipinski definition) is 0. The smallest absolute Gasteiger partial charge is 0.266 e. The van der Waals surface area contributed by atoms with Crippen LogP contribution in [0.3, 0.4) is 0 Å². The summed E-state index contributed by atoms with van der Waals surface area (Å²) in [5.74, 6) is -1.72. The zero-order valence-electron chi connectivity index (χ0n) is 12.1. The van der Waals surface area contributed by atoms with Crippen LogP contribution in [0.25, 0.3) is 6.08 Å². The van der Waals surface area contributed by atoms with Gasteiger partial charge < -0.3 is 9.90 Å². The van der Waals surface area contributed by atoms with E-state index >= 15 is 0 Å². The van der Waals surface area contributed by atoms with Crippen LogP contribution < -0.4 is 5.11 Å². The first-order valence-corrected chi connectivity index (χ1v) is 7.84. The number of thioether (sulfide) groups is 1. The molecule has 0 aromatic heterocycles. The summed E-state index contributed by atoms with van der Waals surface area (Å²) in [6, 6.07) is 8.64. The van der Waals surface area contributed by atoms with Gasteiger partial charge in [-0.1, -0.05) is 60.4 Å². The molecule has 1 amide bonds. The van der Waals surface area contributed by atoms with E-state index in [0.717, 1.165) is 27.8 Å². The number of allylic oxidation sites excluding steroid dienone is 2. The van der Waals surface area contributed by atoms with Crippen LogP contribution in [0, 0.1) is 0 Å². The molecule has 1 aliphatic rings. The molecule has 2 rings (SSSR count). The van der Waals surface area contributed by atoms with Crippen molar-refractivity contribution in [2.24, 2.45) is 0 Å². The molecule has 114 valence electrons. The van der Waals surface area contributed by atoms with Gasteiger partial charge in [-0.3, -0.25) is 9.69 Å². The number of aliphatic carboxylic acids is 1. The van der Waals surface area contributed by atoms with Gasteiger partial charge in [0.2, 0.25) is 0 Å². The predicted molar refractivity (Wildman–Crippen MR) is 89.7 cm³/mol. The topological polar surface area (TPSA) is 60.4 Å². The second-order valence-electron chi connectivity index (χ2n) is 4.85. The summed E-state index contributed by atoms with van der Waals surface area (Å²) in [6.07, 6.45) is 3.66. The minimum Gasteiger partial charge on any atom is -0.548 e. The van der Waals surface area contributed by atoms with Crippen LogP contribution >= 0.6 is 24.0 Å². The molecule has 0 spiro atoms. The van der Waals surface area contributed by atoms with Crippen LogP contribution in [0.5, 0.6) is 0 Å². The zero-order chi connectivity index (χ0) is 16.3. The third-order valence-corrected chi connectivity index (χ3v) is 4.44. The molecule has 4 nitrogen and oxygen atoms in total. The lowest BCUT2D eigenvalue weighted by Gasteiger charge is -2.23. The van der Waals surface area contributed by atoms with E-state index in [9.17, 15) is 14.7 Å². The molecule has 6 heteroatoms. The van der Waals surface area contributed by atoms with Gasteiger partial charge in [-0.25, -0.2) is 0 Å². The number of benzene rings is 1. The third kappa shape index (κ3) is 3.64. The number of rotatable bonds is 4. The van der Waals surface area contributed by atoms with Crippen molar-refractivity contribution in [3.63, 3.8) is 0 Å². The van der Waals surface area contributed by atoms with Gasteiger partial charge in [-0.05, 0) is 31.1 Å². The van der Waals surface area contributed by atoms with Crippen molar-refractivity contribution in [2.75, 3.05) is 0 Å². The van der Waals surface area contributed by atoms with Gasteiger partial charge in [0.25, 0.3) is 5.91 Å². The summed E-state index contributed by atoms with van der Waals surface area (Å²) < 4.78 is 0.237. The highest BCUT2D eigenvalue weighted by molar-refractivity contribution is 8.26. The fraction of sp³-hybridized carbons (Fsp3) is 0.188. The van der Waals surface area contributed by atoms with Crippen molar-refractivity contribution in [3.05, 3.63) is 52.4 Å². The first kappa shape index (κ1) is 16.5. The zero-order valence-corrected chi connectivity index (χ0v) is 13.7. The van der Waals surface area contributed by atoms with E-state index in [4.69, 9.17) is 12.2 Å². The number of nitrogens with zero attached hydrogens (tertiary/aromatic N) is 1. The minimum atomic E-state index is -1.32. The van der Waals surface area contributed by atoms with E-state index in [2.05, 4.69) is 0 Å². The molecule has 1 atom stereocenters. The maximum absolute atomic E-state index is 12.3. The highest BCUT2D eigenvalue weighted by atomic mass is 32.2. The fourth-order valence-electron chi connectivity index (χ4n) is 1.98. The van der Waals surface area contributed by atoms with Crippen molar-refractivity contribution in [1.82, 2.24) is 4.90 Å². The lowest BCUT2D eigenvalue weighted by Crippen LogP contribution is -2.48. The van der Waals surface area contributed by atoms with Gasteiger partial charge >= 0.3 is 0 Å². The van der Waals surface area contributed by atoms with Gasteiger partial charge in [0, 0.05) is 0 Å². The Labute approximate surface area is 138 Å². The van der Waals surface area contributed by atoms with Crippen molar-refractivity contribution in [1.29, 1.82) is 0 Å². The highest BCUT2D eigenvalue weighted by Crippen LogP contribution is 2.33. The molecule has 0 aliphatic carbocycles. The van der Waals surface area contributed by atoms with Gasteiger partial charge in [0.15, 0.2) is 0 Å².